The van der Waals surface area contributed by atoms with Crippen molar-refractivity contribution in [3.8, 4) is 11.1 Å². The van der Waals surface area contributed by atoms with Crippen LogP contribution in [0.5, 0.6) is 0 Å². The second kappa shape index (κ2) is 6.88. The zero-order chi connectivity index (χ0) is 16.2. The first-order valence-electron chi connectivity index (χ1n) is 6.58. The third-order valence-electron chi connectivity index (χ3n) is 2.97. The van der Waals surface area contributed by atoms with Crippen LogP contribution in [0.2, 0.25) is 0 Å². The van der Waals surface area contributed by atoms with Gasteiger partial charge in [0.15, 0.2) is 5.38 Å². The van der Waals surface area contributed by atoms with Crippen LogP contribution < -0.4 is 0 Å². The lowest BCUT2D eigenvalue weighted by Gasteiger charge is -2.02. The molecule has 0 atom stereocenters. The Balaban J connectivity index is 0.000000309. The van der Waals surface area contributed by atoms with Crippen LogP contribution in [0.4, 0.5) is 17.3 Å². The lowest BCUT2D eigenvalue weighted by Crippen LogP contribution is -2.02. The zero-order valence-corrected chi connectivity index (χ0v) is 12.6. The summed E-state index contributed by atoms with van der Waals surface area (Å²) < 4.78 is 40.3. The second-order valence-corrected chi connectivity index (χ2v) is 5.64. The normalized spacial score (nSPS) is 11.0. The third kappa shape index (κ3) is 4.81. The molecule has 0 radical (unpaired) electrons. The standard InChI is InChI=1S/C16H13S.BF4/c1-12-6-8-13(9-7-12)14-10-11-17-16-5-3-2-4-15(14)16;2-1(3,4)5/h2-11H,1H3;/q+1;-1. The van der Waals surface area contributed by atoms with Gasteiger partial charge in [-0.1, -0.05) is 42.0 Å². The summed E-state index contributed by atoms with van der Waals surface area (Å²) in [6.45, 7) is 2.12. The molecule has 3 aromatic rings. The van der Waals surface area contributed by atoms with E-state index in [9.17, 15) is 17.3 Å². The highest BCUT2D eigenvalue weighted by molar-refractivity contribution is 7.16. The molecule has 2 aromatic carbocycles. The highest BCUT2D eigenvalue weighted by atomic mass is 32.1. The molecule has 22 heavy (non-hydrogen) atoms. The Morgan fingerprint density at radius 2 is 1.41 bits per heavy atom. The average molecular weight is 324 g/mol. The van der Waals surface area contributed by atoms with Crippen LogP contribution >= 0.6 is 11.3 Å². The fraction of sp³-hybridized carbons (Fsp3) is 0.0625. The molecular weight excluding hydrogens is 311 g/mol. The van der Waals surface area contributed by atoms with E-state index in [0.717, 1.165) is 0 Å². The number of aryl methyl sites for hydroxylation is 1. The largest absolute Gasteiger partial charge is 0.673 e. The van der Waals surface area contributed by atoms with Gasteiger partial charge in [0.2, 0.25) is 16.0 Å². The maximum atomic E-state index is 9.75. The van der Waals surface area contributed by atoms with Crippen molar-refractivity contribution in [1.29, 1.82) is 0 Å². The summed E-state index contributed by atoms with van der Waals surface area (Å²) in [5.74, 6) is 0. The van der Waals surface area contributed by atoms with Gasteiger partial charge in [-0.3, -0.25) is 0 Å². The molecule has 1 heterocycles. The minimum Gasteiger partial charge on any atom is -0.418 e. The molecule has 114 valence electrons. The van der Waals surface area contributed by atoms with Crippen LogP contribution in [0.15, 0.2) is 60.0 Å². The number of hydrogen-bond acceptors (Lipinski definition) is 0. The van der Waals surface area contributed by atoms with E-state index in [2.05, 4.69) is 66.9 Å². The van der Waals surface area contributed by atoms with Crippen LogP contribution in [-0.4, -0.2) is 7.25 Å². The van der Waals surface area contributed by atoms with E-state index in [4.69, 9.17) is 0 Å². The molecule has 0 unspecified atom stereocenters. The molecule has 0 N–H and O–H groups in total. The van der Waals surface area contributed by atoms with E-state index in [1.165, 1.54) is 26.8 Å². The molecule has 6 heteroatoms. The monoisotopic (exact) mass is 324 g/mol. The predicted molar refractivity (Wildman–Crippen MR) is 86.6 cm³/mol. The predicted octanol–water partition coefficient (Wildman–Crippen LogP) is 6.46. The lowest BCUT2D eigenvalue weighted by atomic mass is 10.0. The Morgan fingerprint density at radius 1 is 0.818 bits per heavy atom. The molecule has 0 fully saturated rings. The number of halogens is 4. The number of benzene rings is 2. The highest BCUT2D eigenvalue weighted by Crippen LogP contribution is 2.30. The quantitative estimate of drug-likeness (QED) is 0.274. The van der Waals surface area contributed by atoms with Gasteiger partial charge in [0.25, 0.3) is 0 Å². The zero-order valence-electron chi connectivity index (χ0n) is 11.8. The Bertz CT molecular complexity index is 743. The van der Waals surface area contributed by atoms with Crippen molar-refractivity contribution in [1.82, 2.24) is 0 Å². The van der Waals surface area contributed by atoms with Gasteiger partial charge in [-0.15, -0.1) is 0 Å². The van der Waals surface area contributed by atoms with Crippen molar-refractivity contribution in [3.05, 3.63) is 65.5 Å². The second-order valence-electron chi connectivity index (χ2n) is 4.69. The van der Waals surface area contributed by atoms with Crippen LogP contribution in [0.25, 0.3) is 21.2 Å². The number of fused-ring (bicyclic) bond motifs is 1. The van der Waals surface area contributed by atoms with E-state index >= 15 is 0 Å². The SMILES string of the molecule is Cc1ccc(-c2cc[s+]c3ccccc23)cc1.F[B-](F)(F)F. The highest BCUT2D eigenvalue weighted by Gasteiger charge is 2.20. The molecule has 0 aliphatic carbocycles. The summed E-state index contributed by atoms with van der Waals surface area (Å²) in [5.41, 5.74) is 3.91. The molecule has 0 aliphatic rings. The van der Waals surface area contributed by atoms with Gasteiger partial charge in [0, 0.05) is 17.5 Å². The summed E-state index contributed by atoms with van der Waals surface area (Å²) in [7, 11) is -6.00. The van der Waals surface area contributed by atoms with Gasteiger partial charge in [0.1, 0.15) is 0 Å². The lowest BCUT2D eigenvalue weighted by molar-refractivity contribution is 0.368. The van der Waals surface area contributed by atoms with Crippen LogP contribution in [0, 0.1) is 6.92 Å². The van der Waals surface area contributed by atoms with Gasteiger partial charge in [0.05, 0.1) is 0 Å². The molecule has 0 bridgehead atoms. The summed E-state index contributed by atoms with van der Waals surface area (Å²) in [6.07, 6.45) is 0. The summed E-state index contributed by atoms with van der Waals surface area (Å²) in [4.78, 5) is 0. The molecule has 1 aromatic heterocycles. The minimum absolute atomic E-state index is 1.29. The molecule has 0 aliphatic heterocycles. The van der Waals surface area contributed by atoms with Crippen LogP contribution in [0.1, 0.15) is 5.56 Å². The average Bonchev–Trinajstić information content (AvgIpc) is 2.46. The van der Waals surface area contributed by atoms with Crippen molar-refractivity contribution in [3.63, 3.8) is 0 Å². The first kappa shape index (κ1) is 16.4. The van der Waals surface area contributed by atoms with E-state index in [1.807, 2.05) is 0 Å². The summed E-state index contributed by atoms with van der Waals surface area (Å²) in [6, 6.07) is 19.5. The molecule has 0 saturated carbocycles. The number of rotatable bonds is 1. The molecule has 0 saturated heterocycles. The maximum Gasteiger partial charge on any atom is 0.673 e. The van der Waals surface area contributed by atoms with E-state index in [-0.39, 0.29) is 0 Å². The molecule has 3 rings (SSSR count). The molecule has 0 amide bonds. The van der Waals surface area contributed by atoms with Crippen LogP contribution in [-0.2, 0) is 0 Å². The Morgan fingerprint density at radius 3 is 2.05 bits per heavy atom. The smallest absolute Gasteiger partial charge is 0.418 e. The fourth-order valence-corrected chi connectivity index (χ4v) is 2.85. The maximum absolute atomic E-state index is 9.75. The number of hydrogen-bond donors (Lipinski definition) is 0. The van der Waals surface area contributed by atoms with Crippen molar-refractivity contribution in [2.24, 2.45) is 0 Å². The molecule has 0 nitrogen and oxygen atoms in total. The third-order valence-corrected chi connectivity index (χ3v) is 3.85. The first-order chi connectivity index (χ1) is 10.3. The van der Waals surface area contributed by atoms with Gasteiger partial charge in [-0.25, -0.2) is 0 Å². The Labute approximate surface area is 130 Å². The summed E-state index contributed by atoms with van der Waals surface area (Å²) >= 11 is 1.79. The molecule has 0 spiro atoms. The Kier molecular flexibility index (Phi) is 5.13. The van der Waals surface area contributed by atoms with Gasteiger partial charge < -0.3 is 17.3 Å². The molecular formula is C16H13BF4S. The topological polar surface area (TPSA) is 0 Å². The van der Waals surface area contributed by atoms with Crippen molar-refractivity contribution in [2.45, 2.75) is 6.92 Å². The summed E-state index contributed by atoms with van der Waals surface area (Å²) in [5, 5.41) is 3.50. The van der Waals surface area contributed by atoms with E-state index in [0.29, 0.717) is 0 Å². The van der Waals surface area contributed by atoms with Gasteiger partial charge in [-0.05, 0) is 24.1 Å². The van der Waals surface area contributed by atoms with E-state index in [1.54, 1.807) is 11.3 Å². The first-order valence-corrected chi connectivity index (χ1v) is 7.46. The van der Waals surface area contributed by atoms with Crippen molar-refractivity contribution < 1.29 is 17.3 Å². The van der Waals surface area contributed by atoms with Gasteiger partial charge in [-0.2, -0.15) is 0 Å². The van der Waals surface area contributed by atoms with Crippen LogP contribution in [0.3, 0.4) is 0 Å². The van der Waals surface area contributed by atoms with Crippen molar-refractivity contribution >= 4 is 28.7 Å². The minimum atomic E-state index is -6.00. The Hall–Kier alpha value is -1.95. The van der Waals surface area contributed by atoms with E-state index < -0.39 is 7.25 Å². The van der Waals surface area contributed by atoms with Gasteiger partial charge >= 0.3 is 7.25 Å². The van der Waals surface area contributed by atoms with Crippen molar-refractivity contribution in [2.75, 3.05) is 0 Å². The fourth-order valence-electron chi connectivity index (χ4n) is 2.04.